The number of hydrogen-bond donors (Lipinski definition) is 2. The molecule has 3 heterocycles. The molecule has 2 aromatic heterocycles. The number of ether oxygens (including phenoxy) is 1. The van der Waals surface area contributed by atoms with Crippen molar-refractivity contribution in [3.8, 4) is 0 Å². The normalized spacial score (nSPS) is 16.4. The van der Waals surface area contributed by atoms with Crippen molar-refractivity contribution >= 4 is 46.1 Å². The minimum Gasteiger partial charge on any atom is -0.444 e. The minimum absolute atomic E-state index is 0.246. The number of pyridine rings is 1. The van der Waals surface area contributed by atoms with Gasteiger partial charge in [-0.2, -0.15) is 0 Å². The van der Waals surface area contributed by atoms with Crippen LogP contribution in [-0.2, 0) is 11.3 Å². The number of aromatic amines is 1. The number of rotatable bonds is 5. The predicted octanol–water partition coefficient (Wildman–Crippen LogP) is 4.75. The summed E-state index contributed by atoms with van der Waals surface area (Å²) in [6, 6.07) is 7.20. The molecule has 2 N–H and O–H groups in total. The fraction of sp³-hybridized carbons (Fsp3) is 0.435. The lowest BCUT2D eigenvalue weighted by molar-refractivity contribution is 0.0289. The number of nitrogens with one attached hydrogen (secondary N) is 2. The zero-order chi connectivity index (χ0) is 23.8. The summed E-state index contributed by atoms with van der Waals surface area (Å²) < 4.78 is 7.07. The molecule has 0 spiro atoms. The van der Waals surface area contributed by atoms with Crippen molar-refractivity contribution in [3.63, 3.8) is 0 Å². The molecule has 33 heavy (non-hydrogen) atoms. The van der Waals surface area contributed by atoms with Gasteiger partial charge >= 0.3 is 11.8 Å². The van der Waals surface area contributed by atoms with Gasteiger partial charge in [0, 0.05) is 25.7 Å². The van der Waals surface area contributed by atoms with Gasteiger partial charge < -0.3 is 19.9 Å². The molecule has 0 unspecified atom stereocenters. The van der Waals surface area contributed by atoms with E-state index in [1.54, 1.807) is 27.8 Å². The second-order valence-electron chi connectivity index (χ2n) is 9.28. The second kappa shape index (κ2) is 9.27. The van der Waals surface area contributed by atoms with Crippen LogP contribution in [0.15, 0.2) is 35.3 Å². The van der Waals surface area contributed by atoms with Crippen molar-refractivity contribution in [2.24, 2.45) is 5.92 Å². The molecule has 0 bridgehead atoms. The van der Waals surface area contributed by atoms with Crippen LogP contribution in [0, 0.1) is 5.92 Å². The summed E-state index contributed by atoms with van der Waals surface area (Å²) >= 11 is 12.4. The number of likely N-dealkylation sites (tertiary alicyclic amines) is 1. The number of anilines is 1. The number of imidazole rings is 1. The Hall–Kier alpha value is -2.71. The standard InChI is InChI=1S/C23H27Cl2N5O3/c1-23(2,3)33-22(32)29-8-7-14(12-29)10-26-19-9-18-17(11-27-19)28-21(31)30(18)13-15-5-4-6-16(24)20(15)25/h4-6,9,11,14H,7-8,10,12-13H2,1-3H3,(H,26,27)(H,28,31)/t14-/m0/s1. The molecule has 1 aromatic carbocycles. The van der Waals surface area contributed by atoms with Gasteiger partial charge in [0.05, 0.1) is 33.8 Å². The zero-order valence-corrected chi connectivity index (χ0v) is 20.3. The summed E-state index contributed by atoms with van der Waals surface area (Å²) in [5, 5.41) is 4.22. The van der Waals surface area contributed by atoms with Crippen molar-refractivity contribution in [2.45, 2.75) is 39.3 Å². The first-order valence-corrected chi connectivity index (χ1v) is 11.6. The van der Waals surface area contributed by atoms with Gasteiger partial charge in [-0.25, -0.2) is 14.6 Å². The SMILES string of the molecule is CC(C)(C)OC(=O)N1CC[C@@H](CNc2cc3c(cn2)[nH]c(=O)n3Cc2cccc(Cl)c2Cl)C1. The van der Waals surface area contributed by atoms with Crippen molar-refractivity contribution in [3.05, 3.63) is 56.6 Å². The summed E-state index contributed by atoms with van der Waals surface area (Å²) in [5.74, 6) is 0.942. The predicted molar refractivity (Wildman–Crippen MR) is 130 cm³/mol. The lowest BCUT2D eigenvalue weighted by Gasteiger charge is -2.24. The number of carbonyl (C=O) groups excluding carboxylic acids is 1. The summed E-state index contributed by atoms with van der Waals surface area (Å²) in [6.45, 7) is 7.84. The summed E-state index contributed by atoms with van der Waals surface area (Å²) in [5.41, 5.74) is 1.36. The van der Waals surface area contributed by atoms with Crippen LogP contribution in [0.1, 0.15) is 32.8 Å². The van der Waals surface area contributed by atoms with E-state index in [-0.39, 0.29) is 24.2 Å². The first-order chi connectivity index (χ1) is 15.6. The van der Waals surface area contributed by atoms with E-state index in [9.17, 15) is 9.59 Å². The third-order valence-corrected chi connectivity index (χ3v) is 6.39. The monoisotopic (exact) mass is 491 g/mol. The first-order valence-electron chi connectivity index (χ1n) is 10.8. The van der Waals surface area contributed by atoms with E-state index in [4.69, 9.17) is 27.9 Å². The van der Waals surface area contributed by atoms with Crippen LogP contribution in [0.5, 0.6) is 0 Å². The first kappa shape index (κ1) is 23.4. The van der Waals surface area contributed by atoms with Gasteiger partial charge in [-0.05, 0) is 44.7 Å². The molecule has 176 valence electrons. The van der Waals surface area contributed by atoms with Crippen LogP contribution in [-0.4, -0.2) is 50.8 Å². The average Bonchev–Trinajstić information content (AvgIpc) is 3.33. The Balaban J connectivity index is 1.44. The quantitative estimate of drug-likeness (QED) is 0.537. The Morgan fingerprint density at radius 3 is 2.88 bits per heavy atom. The highest BCUT2D eigenvalue weighted by Crippen LogP contribution is 2.27. The molecule has 3 aromatic rings. The Labute approximate surface area is 201 Å². The van der Waals surface area contributed by atoms with Gasteiger partial charge in [0.25, 0.3) is 0 Å². The molecule has 4 rings (SSSR count). The number of hydrogen-bond acceptors (Lipinski definition) is 5. The minimum atomic E-state index is -0.506. The summed E-state index contributed by atoms with van der Waals surface area (Å²) in [4.78, 5) is 33.8. The molecular formula is C23H27Cl2N5O3. The highest BCUT2D eigenvalue weighted by molar-refractivity contribution is 6.42. The number of nitrogens with zero attached hydrogens (tertiary/aromatic N) is 3. The number of H-pyrrole nitrogens is 1. The molecule has 1 atom stereocenters. The van der Waals surface area contributed by atoms with Crippen molar-refractivity contribution in [1.82, 2.24) is 19.4 Å². The van der Waals surface area contributed by atoms with Crippen LogP contribution < -0.4 is 11.0 Å². The fourth-order valence-electron chi connectivity index (χ4n) is 3.89. The molecule has 1 fully saturated rings. The largest absolute Gasteiger partial charge is 0.444 e. The van der Waals surface area contributed by atoms with Gasteiger partial charge in [-0.15, -0.1) is 0 Å². The number of aromatic nitrogens is 3. The summed E-state index contributed by atoms with van der Waals surface area (Å²) in [7, 11) is 0. The van der Waals surface area contributed by atoms with Crippen LogP contribution in [0.25, 0.3) is 11.0 Å². The van der Waals surface area contributed by atoms with E-state index < -0.39 is 5.60 Å². The number of benzene rings is 1. The maximum atomic E-state index is 12.6. The number of halogens is 2. The Bertz CT molecular complexity index is 1230. The molecule has 1 amide bonds. The number of fused-ring (bicyclic) bond motifs is 1. The average molecular weight is 492 g/mol. The summed E-state index contributed by atoms with van der Waals surface area (Å²) in [6.07, 6.45) is 2.24. The smallest absolute Gasteiger partial charge is 0.410 e. The number of carbonyl (C=O) groups is 1. The lowest BCUT2D eigenvalue weighted by atomic mass is 10.1. The van der Waals surface area contributed by atoms with E-state index >= 15 is 0 Å². The maximum absolute atomic E-state index is 12.6. The van der Waals surface area contributed by atoms with Gasteiger partial charge in [0.2, 0.25) is 0 Å². The second-order valence-corrected chi connectivity index (χ2v) is 10.1. The van der Waals surface area contributed by atoms with Gasteiger partial charge in [-0.1, -0.05) is 35.3 Å². The van der Waals surface area contributed by atoms with E-state index in [1.807, 2.05) is 32.9 Å². The third-order valence-electron chi connectivity index (χ3n) is 5.53. The van der Waals surface area contributed by atoms with Crippen molar-refractivity contribution in [1.29, 1.82) is 0 Å². The fourth-order valence-corrected chi connectivity index (χ4v) is 4.27. The Morgan fingerprint density at radius 1 is 1.33 bits per heavy atom. The molecule has 0 radical (unpaired) electrons. The molecule has 1 aliphatic heterocycles. The Kier molecular flexibility index (Phi) is 6.59. The lowest BCUT2D eigenvalue weighted by Crippen LogP contribution is -2.35. The molecule has 1 saturated heterocycles. The zero-order valence-electron chi connectivity index (χ0n) is 18.8. The van der Waals surface area contributed by atoms with Crippen LogP contribution in [0.3, 0.4) is 0 Å². The van der Waals surface area contributed by atoms with Crippen molar-refractivity contribution < 1.29 is 9.53 Å². The van der Waals surface area contributed by atoms with Crippen LogP contribution in [0.2, 0.25) is 10.0 Å². The maximum Gasteiger partial charge on any atom is 0.410 e. The molecule has 1 aliphatic rings. The van der Waals surface area contributed by atoms with E-state index in [0.29, 0.717) is 41.0 Å². The van der Waals surface area contributed by atoms with E-state index in [0.717, 1.165) is 17.5 Å². The third kappa shape index (κ3) is 5.45. The van der Waals surface area contributed by atoms with Gasteiger partial charge in [0.15, 0.2) is 0 Å². The highest BCUT2D eigenvalue weighted by atomic mass is 35.5. The van der Waals surface area contributed by atoms with Gasteiger partial charge in [0.1, 0.15) is 11.4 Å². The van der Waals surface area contributed by atoms with E-state index in [2.05, 4.69) is 15.3 Å². The van der Waals surface area contributed by atoms with Crippen molar-refractivity contribution in [2.75, 3.05) is 25.0 Å². The molecule has 0 saturated carbocycles. The highest BCUT2D eigenvalue weighted by Gasteiger charge is 2.29. The van der Waals surface area contributed by atoms with Crippen LogP contribution >= 0.6 is 23.2 Å². The molecule has 0 aliphatic carbocycles. The number of amides is 1. The van der Waals surface area contributed by atoms with Crippen LogP contribution in [0.4, 0.5) is 10.6 Å². The Morgan fingerprint density at radius 2 is 2.12 bits per heavy atom. The molecular weight excluding hydrogens is 465 g/mol. The molecule has 8 nitrogen and oxygen atoms in total. The van der Waals surface area contributed by atoms with Gasteiger partial charge in [-0.3, -0.25) is 4.57 Å². The van der Waals surface area contributed by atoms with E-state index in [1.165, 1.54) is 0 Å². The molecule has 10 heteroatoms. The topological polar surface area (TPSA) is 92.2 Å².